The Morgan fingerprint density at radius 1 is 1.08 bits per heavy atom. The van der Waals surface area contributed by atoms with Crippen LogP contribution in [-0.2, 0) is 16.0 Å². The van der Waals surface area contributed by atoms with Gasteiger partial charge in [-0.2, -0.15) is 0 Å². The molecule has 3 rings (SSSR count). The molecule has 142 valence electrons. The van der Waals surface area contributed by atoms with Crippen LogP contribution < -0.4 is 0 Å². The molecule has 0 bridgehead atoms. The van der Waals surface area contributed by atoms with Gasteiger partial charge in [-0.1, -0.05) is 30.3 Å². The Balaban J connectivity index is 1.46. The summed E-state index contributed by atoms with van der Waals surface area (Å²) in [6, 6.07) is 10.5. The van der Waals surface area contributed by atoms with E-state index in [0.717, 1.165) is 39.1 Å². The number of carbonyl (C=O) groups excluding carboxylic acids is 2. The van der Waals surface area contributed by atoms with Crippen LogP contribution in [0.1, 0.15) is 32.8 Å². The molecular weight excluding hydrogens is 326 g/mol. The second kappa shape index (κ2) is 7.78. The summed E-state index contributed by atoms with van der Waals surface area (Å²) in [6.45, 7) is 11.1. The first kappa shape index (κ1) is 18.9. The number of hydrogen-bond acceptors (Lipinski definition) is 3. The Morgan fingerprint density at radius 2 is 1.73 bits per heavy atom. The molecule has 26 heavy (non-hydrogen) atoms. The van der Waals surface area contributed by atoms with Crippen molar-refractivity contribution in [1.82, 2.24) is 14.7 Å². The first-order valence-corrected chi connectivity index (χ1v) is 9.70. The van der Waals surface area contributed by atoms with Gasteiger partial charge in [0.2, 0.25) is 11.8 Å². The van der Waals surface area contributed by atoms with Crippen molar-refractivity contribution in [2.45, 2.75) is 39.2 Å². The molecule has 1 aromatic carbocycles. The van der Waals surface area contributed by atoms with Crippen LogP contribution in [0.3, 0.4) is 0 Å². The average molecular weight is 357 g/mol. The lowest BCUT2D eigenvalue weighted by atomic mass is 10.1. The van der Waals surface area contributed by atoms with Gasteiger partial charge in [-0.25, -0.2) is 0 Å². The predicted octanol–water partition coefficient (Wildman–Crippen LogP) is 2.02. The van der Waals surface area contributed by atoms with Crippen LogP contribution in [0.2, 0.25) is 0 Å². The highest BCUT2D eigenvalue weighted by molar-refractivity contribution is 5.89. The molecule has 2 aliphatic rings. The summed E-state index contributed by atoms with van der Waals surface area (Å²) in [6.07, 6.45) is 1.41. The van der Waals surface area contributed by atoms with Crippen LogP contribution in [0.15, 0.2) is 30.3 Å². The van der Waals surface area contributed by atoms with Crippen molar-refractivity contribution in [1.29, 1.82) is 0 Å². The van der Waals surface area contributed by atoms with Crippen molar-refractivity contribution in [3.8, 4) is 0 Å². The number of rotatable bonds is 4. The Hall–Kier alpha value is -1.88. The molecule has 0 aromatic heterocycles. The molecule has 2 saturated heterocycles. The summed E-state index contributed by atoms with van der Waals surface area (Å²) in [5.74, 6) is 0.0998. The maximum atomic E-state index is 12.8. The molecule has 5 nitrogen and oxygen atoms in total. The van der Waals surface area contributed by atoms with Crippen molar-refractivity contribution in [3.05, 3.63) is 35.9 Å². The smallest absolute Gasteiger partial charge is 0.228 e. The summed E-state index contributed by atoms with van der Waals surface area (Å²) < 4.78 is 0. The minimum absolute atomic E-state index is 0.109. The topological polar surface area (TPSA) is 43.9 Å². The van der Waals surface area contributed by atoms with E-state index in [4.69, 9.17) is 0 Å². The molecule has 0 aliphatic carbocycles. The van der Waals surface area contributed by atoms with Gasteiger partial charge in [0.05, 0.1) is 5.92 Å². The van der Waals surface area contributed by atoms with Gasteiger partial charge in [-0.15, -0.1) is 0 Å². The SMILES string of the molecule is CC(C)(C)N1C[C@H](C(=O)N2CCN(CCc3ccccc3)CC2)CC1=O. The number of nitrogens with zero attached hydrogens (tertiary/aromatic N) is 3. The van der Waals surface area contributed by atoms with Gasteiger partial charge in [-0.05, 0) is 32.8 Å². The molecule has 5 heteroatoms. The third-order valence-electron chi connectivity index (χ3n) is 5.53. The highest BCUT2D eigenvalue weighted by Gasteiger charge is 2.41. The van der Waals surface area contributed by atoms with Crippen LogP contribution in [0.5, 0.6) is 0 Å². The Bertz CT molecular complexity index is 630. The average Bonchev–Trinajstić information content (AvgIpc) is 3.03. The number of likely N-dealkylation sites (tertiary alicyclic amines) is 1. The molecule has 0 spiro atoms. The standard InChI is InChI=1S/C21H31N3O2/c1-21(2,3)24-16-18(15-19(24)25)20(26)23-13-11-22(12-14-23)10-9-17-7-5-4-6-8-17/h4-8,18H,9-16H2,1-3H3/t18-/m1/s1. The fourth-order valence-corrected chi connectivity index (χ4v) is 3.90. The Kier molecular flexibility index (Phi) is 5.66. The Morgan fingerprint density at radius 3 is 2.31 bits per heavy atom. The quantitative estimate of drug-likeness (QED) is 0.828. The zero-order valence-electron chi connectivity index (χ0n) is 16.3. The third kappa shape index (κ3) is 4.44. The minimum Gasteiger partial charge on any atom is -0.340 e. The van der Waals surface area contributed by atoms with Crippen molar-refractivity contribution >= 4 is 11.8 Å². The fraction of sp³-hybridized carbons (Fsp3) is 0.619. The van der Waals surface area contributed by atoms with Crippen molar-refractivity contribution in [2.24, 2.45) is 5.92 Å². The zero-order valence-corrected chi connectivity index (χ0v) is 16.3. The van der Waals surface area contributed by atoms with Crippen molar-refractivity contribution in [2.75, 3.05) is 39.3 Å². The maximum absolute atomic E-state index is 12.8. The first-order valence-electron chi connectivity index (χ1n) is 9.70. The number of amides is 2. The van der Waals surface area contributed by atoms with E-state index in [9.17, 15) is 9.59 Å². The maximum Gasteiger partial charge on any atom is 0.228 e. The molecule has 0 radical (unpaired) electrons. The van der Waals surface area contributed by atoms with Gasteiger partial charge < -0.3 is 9.80 Å². The van der Waals surface area contributed by atoms with Gasteiger partial charge >= 0.3 is 0 Å². The van der Waals surface area contributed by atoms with E-state index < -0.39 is 0 Å². The lowest BCUT2D eigenvalue weighted by molar-refractivity contribution is -0.137. The monoisotopic (exact) mass is 357 g/mol. The minimum atomic E-state index is -0.206. The van der Waals surface area contributed by atoms with E-state index in [1.807, 2.05) is 36.6 Å². The van der Waals surface area contributed by atoms with Gasteiger partial charge in [0.1, 0.15) is 0 Å². The molecule has 1 atom stereocenters. The molecule has 0 unspecified atom stereocenters. The van der Waals surface area contributed by atoms with Crippen LogP contribution in [0.4, 0.5) is 0 Å². The molecule has 2 aliphatic heterocycles. The second-order valence-corrected chi connectivity index (χ2v) is 8.48. The van der Waals surface area contributed by atoms with Crippen LogP contribution in [-0.4, -0.2) is 71.3 Å². The second-order valence-electron chi connectivity index (χ2n) is 8.48. The highest BCUT2D eigenvalue weighted by Crippen LogP contribution is 2.27. The molecule has 2 fully saturated rings. The Labute approximate surface area is 156 Å². The molecule has 0 saturated carbocycles. The van der Waals surface area contributed by atoms with Gasteiger partial charge in [0.25, 0.3) is 0 Å². The number of piperazine rings is 1. The number of benzene rings is 1. The molecule has 2 heterocycles. The normalized spacial score (nSPS) is 22.1. The van der Waals surface area contributed by atoms with E-state index in [1.165, 1.54) is 5.56 Å². The number of hydrogen-bond donors (Lipinski definition) is 0. The zero-order chi connectivity index (χ0) is 18.7. The van der Waals surface area contributed by atoms with Gasteiger partial charge in [0, 0.05) is 51.2 Å². The third-order valence-corrected chi connectivity index (χ3v) is 5.53. The van der Waals surface area contributed by atoms with Gasteiger partial charge in [-0.3, -0.25) is 14.5 Å². The van der Waals surface area contributed by atoms with Crippen LogP contribution in [0, 0.1) is 5.92 Å². The summed E-state index contributed by atoms with van der Waals surface area (Å²) in [7, 11) is 0. The van der Waals surface area contributed by atoms with Crippen molar-refractivity contribution in [3.63, 3.8) is 0 Å². The first-order chi connectivity index (χ1) is 12.3. The molecule has 2 amide bonds. The van der Waals surface area contributed by atoms with E-state index >= 15 is 0 Å². The van der Waals surface area contributed by atoms with Crippen LogP contribution >= 0.6 is 0 Å². The fourth-order valence-electron chi connectivity index (χ4n) is 3.90. The predicted molar refractivity (Wildman–Crippen MR) is 103 cm³/mol. The lowest BCUT2D eigenvalue weighted by Crippen LogP contribution is -2.51. The van der Waals surface area contributed by atoms with E-state index in [1.54, 1.807) is 0 Å². The largest absolute Gasteiger partial charge is 0.340 e. The molecule has 0 N–H and O–H groups in total. The van der Waals surface area contributed by atoms with Crippen LogP contribution in [0.25, 0.3) is 0 Å². The number of carbonyl (C=O) groups is 2. The lowest BCUT2D eigenvalue weighted by Gasteiger charge is -2.36. The van der Waals surface area contributed by atoms with E-state index in [2.05, 4.69) is 29.2 Å². The summed E-state index contributed by atoms with van der Waals surface area (Å²) in [5, 5.41) is 0. The summed E-state index contributed by atoms with van der Waals surface area (Å²) >= 11 is 0. The molecule has 1 aromatic rings. The van der Waals surface area contributed by atoms with E-state index in [-0.39, 0.29) is 23.3 Å². The van der Waals surface area contributed by atoms with Gasteiger partial charge in [0.15, 0.2) is 0 Å². The summed E-state index contributed by atoms with van der Waals surface area (Å²) in [5.41, 5.74) is 1.15. The van der Waals surface area contributed by atoms with Crippen molar-refractivity contribution < 1.29 is 9.59 Å². The highest BCUT2D eigenvalue weighted by atomic mass is 16.2. The van der Waals surface area contributed by atoms with E-state index in [0.29, 0.717) is 13.0 Å². The molecular formula is C21H31N3O2. The summed E-state index contributed by atoms with van der Waals surface area (Å²) in [4.78, 5) is 31.3.